The van der Waals surface area contributed by atoms with Crippen molar-refractivity contribution in [1.29, 1.82) is 0 Å². The van der Waals surface area contributed by atoms with Gasteiger partial charge in [0.15, 0.2) is 0 Å². The second kappa shape index (κ2) is 6.14. The normalized spacial score (nSPS) is 14.7. The van der Waals surface area contributed by atoms with E-state index in [1.54, 1.807) is 7.11 Å². The number of methoxy groups -OCH3 is 1. The van der Waals surface area contributed by atoms with Crippen molar-refractivity contribution in [1.82, 2.24) is 15.2 Å². The number of hydrogen-bond donors (Lipinski definition) is 2. The zero-order valence-corrected chi connectivity index (χ0v) is 11.8. The Morgan fingerprint density at radius 2 is 2.16 bits per heavy atom. The first-order valence-electron chi connectivity index (χ1n) is 6.60. The molecule has 0 bridgehead atoms. The number of fused-ring (bicyclic) bond motifs is 1. The molecule has 5 heteroatoms. The van der Waals surface area contributed by atoms with E-state index in [4.69, 9.17) is 10.6 Å². The highest BCUT2D eigenvalue weighted by molar-refractivity contribution is 5.81. The van der Waals surface area contributed by atoms with Crippen molar-refractivity contribution in [3.05, 3.63) is 30.0 Å². The fourth-order valence-electron chi connectivity index (χ4n) is 2.56. The smallest absolute Gasteiger partial charge is 0.0738 e. The van der Waals surface area contributed by atoms with Gasteiger partial charge in [-0.2, -0.15) is 5.10 Å². The summed E-state index contributed by atoms with van der Waals surface area (Å²) in [6.07, 6.45) is 1.76. The van der Waals surface area contributed by atoms with Gasteiger partial charge in [0.25, 0.3) is 0 Å². The molecule has 19 heavy (non-hydrogen) atoms. The van der Waals surface area contributed by atoms with Gasteiger partial charge in [0, 0.05) is 26.0 Å². The Morgan fingerprint density at radius 3 is 2.79 bits per heavy atom. The lowest BCUT2D eigenvalue weighted by atomic mass is 10.0. The first kappa shape index (κ1) is 14.0. The lowest BCUT2D eigenvalue weighted by Crippen LogP contribution is -2.46. The summed E-state index contributed by atoms with van der Waals surface area (Å²) in [5.41, 5.74) is 5.04. The standard InChI is InChI=1S/C14H22N4O/c1-4-14(19-3)12(16-15)9-11-10-7-5-6-8-13(10)18(2)17-11/h5-8,12,14,16H,4,9,15H2,1-3H3. The van der Waals surface area contributed by atoms with Crippen LogP contribution in [0.25, 0.3) is 10.9 Å². The minimum absolute atomic E-state index is 0.0632. The molecule has 0 saturated carbocycles. The van der Waals surface area contributed by atoms with Crippen LogP contribution in [0.2, 0.25) is 0 Å². The van der Waals surface area contributed by atoms with Crippen LogP contribution in [-0.4, -0.2) is 29.0 Å². The summed E-state index contributed by atoms with van der Waals surface area (Å²) in [5, 5.41) is 5.77. The van der Waals surface area contributed by atoms with Gasteiger partial charge in [-0.05, 0) is 12.5 Å². The minimum Gasteiger partial charge on any atom is -0.380 e. The Kier molecular flexibility index (Phi) is 4.52. The average molecular weight is 262 g/mol. The van der Waals surface area contributed by atoms with E-state index in [1.165, 1.54) is 5.39 Å². The molecule has 2 atom stereocenters. The maximum atomic E-state index is 5.66. The van der Waals surface area contributed by atoms with E-state index in [9.17, 15) is 0 Å². The van der Waals surface area contributed by atoms with E-state index in [1.807, 2.05) is 23.9 Å². The number of nitrogens with one attached hydrogen (secondary N) is 1. The second-order valence-electron chi connectivity index (χ2n) is 4.75. The number of nitrogens with two attached hydrogens (primary N) is 1. The number of para-hydroxylation sites is 1. The topological polar surface area (TPSA) is 65.1 Å². The Labute approximate surface area is 113 Å². The molecule has 0 amide bonds. The lowest BCUT2D eigenvalue weighted by Gasteiger charge is -2.23. The van der Waals surface area contributed by atoms with Gasteiger partial charge in [-0.3, -0.25) is 16.0 Å². The van der Waals surface area contributed by atoms with Crippen molar-refractivity contribution in [3.8, 4) is 0 Å². The highest BCUT2D eigenvalue weighted by Gasteiger charge is 2.21. The number of aryl methyl sites for hydroxylation is 1. The van der Waals surface area contributed by atoms with Crippen molar-refractivity contribution >= 4 is 10.9 Å². The Balaban J connectivity index is 2.29. The van der Waals surface area contributed by atoms with Crippen LogP contribution in [0.5, 0.6) is 0 Å². The molecule has 5 nitrogen and oxygen atoms in total. The van der Waals surface area contributed by atoms with Crippen LogP contribution in [0.3, 0.4) is 0 Å². The molecule has 2 unspecified atom stereocenters. The van der Waals surface area contributed by atoms with Crippen molar-refractivity contribution in [2.75, 3.05) is 7.11 Å². The van der Waals surface area contributed by atoms with Crippen LogP contribution in [0.15, 0.2) is 24.3 Å². The Morgan fingerprint density at radius 1 is 1.42 bits per heavy atom. The maximum Gasteiger partial charge on any atom is 0.0738 e. The van der Waals surface area contributed by atoms with Crippen LogP contribution in [0, 0.1) is 0 Å². The quantitative estimate of drug-likeness (QED) is 0.609. The Bertz CT molecular complexity index is 533. The molecule has 0 fully saturated rings. The van der Waals surface area contributed by atoms with Crippen LogP contribution < -0.4 is 11.3 Å². The number of hydrazine groups is 1. The van der Waals surface area contributed by atoms with Gasteiger partial charge in [-0.15, -0.1) is 0 Å². The molecular weight excluding hydrogens is 240 g/mol. The first-order valence-corrected chi connectivity index (χ1v) is 6.60. The summed E-state index contributed by atoms with van der Waals surface area (Å²) in [4.78, 5) is 0. The summed E-state index contributed by atoms with van der Waals surface area (Å²) in [5.74, 6) is 5.66. The highest BCUT2D eigenvalue weighted by atomic mass is 16.5. The van der Waals surface area contributed by atoms with Crippen molar-refractivity contribution in [2.24, 2.45) is 12.9 Å². The molecule has 2 rings (SSSR count). The molecule has 3 N–H and O–H groups in total. The highest BCUT2D eigenvalue weighted by Crippen LogP contribution is 2.20. The monoisotopic (exact) mass is 262 g/mol. The molecule has 0 saturated heterocycles. The zero-order valence-electron chi connectivity index (χ0n) is 11.8. The third-order valence-electron chi connectivity index (χ3n) is 3.62. The largest absolute Gasteiger partial charge is 0.380 e. The van der Waals surface area contributed by atoms with Crippen LogP contribution >= 0.6 is 0 Å². The van der Waals surface area contributed by atoms with E-state index >= 15 is 0 Å². The third kappa shape index (κ3) is 2.78. The van der Waals surface area contributed by atoms with E-state index in [0.717, 1.165) is 24.1 Å². The predicted octanol–water partition coefficient (Wildman–Crippen LogP) is 1.37. The SMILES string of the molecule is CCC(OC)C(Cc1nn(C)c2ccccc12)NN. The summed E-state index contributed by atoms with van der Waals surface area (Å²) < 4.78 is 7.38. The first-order chi connectivity index (χ1) is 9.21. The van der Waals surface area contributed by atoms with Crippen molar-refractivity contribution in [3.63, 3.8) is 0 Å². The van der Waals surface area contributed by atoms with Gasteiger partial charge in [0.1, 0.15) is 0 Å². The number of ether oxygens (including phenoxy) is 1. The molecule has 0 aliphatic carbocycles. The van der Waals surface area contributed by atoms with Gasteiger partial charge in [0.05, 0.1) is 23.4 Å². The van der Waals surface area contributed by atoms with Gasteiger partial charge in [-0.1, -0.05) is 25.1 Å². The summed E-state index contributed by atoms with van der Waals surface area (Å²) in [6, 6.07) is 8.29. The summed E-state index contributed by atoms with van der Waals surface area (Å²) in [6.45, 7) is 2.09. The van der Waals surface area contributed by atoms with E-state index in [-0.39, 0.29) is 12.1 Å². The number of nitrogens with zero attached hydrogens (tertiary/aromatic N) is 2. The molecule has 1 heterocycles. The van der Waals surface area contributed by atoms with E-state index < -0.39 is 0 Å². The molecular formula is C14H22N4O. The van der Waals surface area contributed by atoms with Crippen molar-refractivity contribution < 1.29 is 4.74 Å². The number of hydrogen-bond acceptors (Lipinski definition) is 4. The molecule has 0 aliphatic rings. The fourth-order valence-corrected chi connectivity index (χ4v) is 2.56. The average Bonchev–Trinajstić information content (AvgIpc) is 2.76. The van der Waals surface area contributed by atoms with Crippen LogP contribution in [0.1, 0.15) is 19.0 Å². The minimum atomic E-state index is 0.0632. The van der Waals surface area contributed by atoms with E-state index in [0.29, 0.717) is 0 Å². The predicted molar refractivity (Wildman–Crippen MR) is 76.6 cm³/mol. The molecule has 2 aromatic rings. The fraction of sp³-hybridized carbons (Fsp3) is 0.500. The van der Waals surface area contributed by atoms with Gasteiger partial charge in [-0.25, -0.2) is 0 Å². The maximum absolute atomic E-state index is 5.66. The second-order valence-corrected chi connectivity index (χ2v) is 4.75. The molecule has 0 spiro atoms. The van der Waals surface area contributed by atoms with Crippen molar-refractivity contribution in [2.45, 2.75) is 31.9 Å². The number of benzene rings is 1. The lowest BCUT2D eigenvalue weighted by molar-refractivity contribution is 0.0651. The summed E-state index contributed by atoms with van der Waals surface area (Å²) >= 11 is 0. The molecule has 104 valence electrons. The van der Waals surface area contributed by atoms with Gasteiger partial charge in [0.2, 0.25) is 0 Å². The Hall–Kier alpha value is -1.43. The van der Waals surface area contributed by atoms with Crippen LogP contribution in [-0.2, 0) is 18.2 Å². The summed E-state index contributed by atoms with van der Waals surface area (Å²) in [7, 11) is 3.68. The molecule has 1 aromatic heterocycles. The van der Waals surface area contributed by atoms with E-state index in [2.05, 4.69) is 29.6 Å². The molecule has 0 radical (unpaired) electrons. The third-order valence-corrected chi connectivity index (χ3v) is 3.62. The molecule has 1 aromatic carbocycles. The number of aromatic nitrogens is 2. The zero-order chi connectivity index (χ0) is 13.8. The number of rotatable bonds is 6. The van der Waals surface area contributed by atoms with Gasteiger partial charge >= 0.3 is 0 Å². The van der Waals surface area contributed by atoms with Gasteiger partial charge < -0.3 is 4.74 Å². The molecule has 0 aliphatic heterocycles. The van der Waals surface area contributed by atoms with Crippen LogP contribution in [0.4, 0.5) is 0 Å².